The van der Waals surface area contributed by atoms with E-state index in [2.05, 4.69) is 15.3 Å². The fourth-order valence-electron chi connectivity index (χ4n) is 7.86. The number of nitrogens with one attached hydrogen (secondary N) is 1. The number of hydrogen-bond donors (Lipinski definition) is 1. The number of aryl methyl sites for hydroxylation is 2. The van der Waals surface area contributed by atoms with E-state index < -0.39 is 21.6 Å². The molecule has 6 heterocycles. The van der Waals surface area contributed by atoms with Crippen molar-refractivity contribution in [1.82, 2.24) is 43.4 Å². The number of sulfonamides is 1. The Labute approximate surface area is 363 Å². The normalized spacial score (nSPS) is 15.3. The highest BCUT2D eigenvalue weighted by molar-refractivity contribution is 7.89. The van der Waals surface area contributed by atoms with Gasteiger partial charge in [0.1, 0.15) is 17.1 Å². The van der Waals surface area contributed by atoms with Crippen LogP contribution >= 0.6 is 0 Å². The van der Waals surface area contributed by atoms with Crippen LogP contribution in [0.5, 0.6) is 17.2 Å². The van der Waals surface area contributed by atoms with Gasteiger partial charge in [0.25, 0.3) is 11.5 Å². The summed E-state index contributed by atoms with van der Waals surface area (Å²) in [5.41, 5.74) is 0.620. The van der Waals surface area contributed by atoms with Crippen molar-refractivity contribution in [2.24, 2.45) is 7.05 Å². The minimum atomic E-state index is -4.02. The SMILES string of the molecule is CCCc1nn(C)c2c(=O)n(C(=O)Nc3nc(N4CCN(C(=O)c5ccco5)CC4)nc4cc(OC)c(OC)cc34)c(-c3cc(S(=O)(=O)N4CCN(C)CC4)ccc3OCC)nc12. The van der Waals surface area contributed by atoms with E-state index in [0.717, 1.165) is 4.57 Å². The number of carbonyl (C=O) groups is 2. The average molecular weight is 884 g/mol. The lowest BCUT2D eigenvalue weighted by Crippen LogP contribution is -2.49. The van der Waals surface area contributed by atoms with Gasteiger partial charge in [0.2, 0.25) is 16.0 Å². The largest absolute Gasteiger partial charge is 0.493 e. The van der Waals surface area contributed by atoms with Gasteiger partial charge in [-0.3, -0.25) is 19.6 Å². The summed E-state index contributed by atoms with van der Waals surface area (Å²) in [5.74, 6) is 1.03. The van der Waals surface area contributed by atoms with E-state index in [4.69, 9.17) is 33.6 Å². The summed E-state index contributed by atoms with van der Waals surface area (Å²) in [6, 6.07) is 9.97. The molecule has 0 spiro atoms. The number of aromatic nitrogens is 6. The molecule has 1 N–H and O–H groups in total. The van der Waals surface area contributed by atoms with Gasteiger partial charge in [-0.05, 0) is 56.8 Å². The van der Waals surface area contributed by atoms with Crippen molar-refractivity contribution in [3.63, 3.8) is 0 Å². The second-order valence-electron chi connectivity index (χ2n) is 15.2. The third kappa shape index (κ3) is 8.14. The summed E-state index contributed by atoms with van der Waals surface area (Å²) < 4.78 is 54.5. The average Bonchev–Trinajstić information content (AvgIpc) is 3.94. The van der Waals surface area contributed by atoms with Crippen LogP contribution in [-0.2, 0) is 23.5 Å². The maximum atomic E-state index is 15.0. The maximum Gasteiger partial charge on any atom is 0.335 e. The van der Waals surface area contributed by atoms with Gasteiger partial charge in [-0.2, -0.15) is 14.4 Å². The topological polar surface area (TPSA) is 213 Å². The smallest absolute Gasteiger partial charge is 0.335 e. The van der Waals surface area contributed by atoms with E-state index in [0.29, 0.717) is 93.3 Å². The Bertz CT molecular complexity index is 2860. The molecule has 4 aromatic heterocycles. The number of anilines is 2. The quantitative estimate of drug-likeness (QED) is 0.186. The Morgan fingerprint density at radius 3 is 2.27 bits per heavy atom. The molecule has 0 saturated carbocycles. The monoisotopic (exact) mass is 883 g/mol. The number of amides is 2. The van der Waals surface area contributed by atoms with Gasteiger partial charge in [-0.15, -0.1) is 0 Å². The molecule has 0 aliphatic carbocycles. The molecule has 21 heteroatoms. The second-order valence-corrected chi connectivity index (χ2v) is 17.1. The summed E-state index contributed by atoms with van der Waals surface area (Å²) >= 11 is 0. The van der Waals surface area contributed by atoms with E-state index in [1.807, 2.05) is 18.9 Å². The molecular weight excluding hydrogens is 835 g/mol. The van der Waals surface area contributed by atoms with Crippen LogP contribution in [0.25, 0.3) is 33.3 Å². The Morgan fingerprint density at radius 2 is 1.60 bits per heavy atom. The number of hydrogen-bond acceptors (Lipinski definition) is 15. The molecule has 2 aliphatic rings. The summed E-state index contributed by atoms with van der Waals surface area (Å²) in [5, 5.41) is 7.83. The Hall–Kier alpha value is -6.58. The van der Waals surface area contributed by atoms with E-state index in [1.54, 1.807) is 43.1 Å². The Morgan fingerprint density at radius 1 is 0.873 bits per heavy atom. The van der Waals surface area contributed by atoms with Gasteiger partial charge in [0.15, 0.2) is 28.6 Å². The van der Waals surface area contributed by atoms with Crippen LogP contribution in [0, 0.1) is 0 Å². The van der Waals surface area contributed by atoms with Crippen molar-refractivity contribution >= 4 is 55.7 Å². The molecule has 2 amide bonds. The molecular formula is C42H49N11O9S. The van der Waals surface area contributed by atoms with Crippen molar-refractivity contribution in [3.05, 3.63) is 70.5 Å². The molecule has 8 rings (SSSR count). The highest BCUT2D eigenvalue weighted by atomic mass is 32.2. The van der Waals surface area contributed by atoms with E-state index in [1.165, 1.54) is 47.7 Å². The van der Waals surface area contributed by atoms with Gasteiger partial charge in [-0.1, -0.05) is 13.3 Å². The fourth-order valence-corrected chi connectivity index (χ4v) is 9.31. The zero-order valence-corrected chi connectivity index (χ0v) is 36.8. The minimum Gasteiger partial charge on any atom is -0.493 e. The highest BCUT2D eigenvalue weighted by Gasteiger charge is 2.32. The molecule has 2 aliphatic heterocycles. The summed E-state index contributed by atoms with van der Waals surface area (Å²) in [6.45, 7) is 7.03. The molecule has 0 unspecified atom stereocenters. The number of carbonyl (C=O) groups excluding carboxylic acids is 2. The Kier molecular flexibility index (Phi) is 12.1. The van der Waals surface area contributed by atoms with Crippen LogP contribution < -0.4 is 30.0 Å². The number of fused-ring (bicyclic) bond motifs is 2. The fraction of sp³-hybridized carbons (Fsp3) is 0.405. The molecule has 332 valence electrons. The number of piperazine rings is 2. The molecule has 2 fully saturated rings. The number of rotatable bonds is 12. The first-order valence-electron chi connectivity index (χ1n) is 20.6. The van der Waals surface area contributed by atoms with Crippen molar-refractivity contribution in [3.8, 4) is 28.6 Å². The summed E-state index contributed by atoms with van der Waals surface area (Å²) in [4.78, 5) is 63.1. The molecule has 0 bridgehead atoms. The van der Waals surface area contributed by atoms with Crippen LogP contribution in [0.3, 0.4) is 0 Å². The third-order valence-corrected chi connectivity index (χ3v) is 13.1. The lowest BCUT2D eigenvalue weighted by Gasteiger charge is -2.34. The minimum absolute atomic E-state index is 0.0288. The van der Waals surface area contributed by atoms with E-state index in [9.17, 15) is 18.0 Å². The maximum absolute atomic E-state index is 15.0. The van der Waals surface area contributed by atoms with Gasteiger partial charge >= 0.3 is 6.03 Å². The first-order chi connectivity index (χ1) is 30.4. The van der Waals surface area contributed by atoms with Gasteiger partial charge in [0.05, 0.1) is 48.8 Å². The highest BCUT2D eigenvalue weighted by Crippen LogP contribution is 2.37. The first-order valence-corrected chi connectivity index (χ1v) is 22.1. The predicted octanol–water partition coefficient (Wildman–Crippen LogP) is 3.68. The molecule has 0 radical (unpaired) electrons. The Balaban J connectivity index is 1.26. The van der Waals surface area contributed by atoms with Gasteiger partial charge in [0, 0.05) is 70.9 Å². The van der Waals surface area contributed by atoms with Crippen LogP contribution in [0.15, 0.2) is 62.8 Å². The van der Waals surface area contributed by atoms with Crippen LogP contribution in [-0.4, -0.2) is 144 Å². The lowest BCUT2D eigenvalue weighted by atomic mass is 10.1. The molecule has 63 heavy (non-hydrogen) atoms. The second kappa shape index (κ2) is 17.7. The van der Waals surface area contributed by atoms with Crippen LogP contribution in [0.1, 0.15) is 36.5 Å². The summed E-state index contributed by atoms with van der Waals surface area (Å²) in [7, 11) is 2.49. The lowest BCUT2D eigenvalue weighted by molar-refractivity contribution is 0.0714. The number of benzene rings is 2. The standard InChI is InChI=1S/C42H49N11O9S/c1-7-10-29-35-36(49(4)47-29)40(55)53(38(44-35)28-23-26(12-13-31(28)61-8-2)63(57,58)52-20-14-48(3)15-21-52)42(56)46-37-27-24-33(59-5)34(60-6)25-30(27)43-41(45-37)51-18-16-50(17-19-51)39(54)32-11-9-22-62-32/h9,11-13,22-25H,7-8,10,14-21H2,1-6H3,(H,43,45,46,56). The number of likely N-dealkylation sites (N-methyl/N-ethyl adjacent to an activating group) is 1. The number of ether oxygens (including phenoxy) is 3. The third-order valence-electron chi connectivity index (χ3n) is 11.2. The molecule has 2 aromatic carbocycles. The molecule has 20 nitrogen and oxygen atoms in total. The number of furan rings is 1. The van der Waals surface area contributed by atoms with Crippen LogP contribution in [0.4, 0.5) is 16.6 Å². The van der Waals surface area contributed by atoms with Gasteiger partial charge < -0.3 is 33.3 Å². The predicted molar refractivity (Wildman–Crippen MR) is 234 cm³/mol. The van der Waals surface area contributed by atoms with Crippen LogP contribution in [0.2, 0.25) is 0 Å². The number of nitrogens with zero attached hydrogens (tertiary/aromatic N) is 10. The van der Waals surface area contributed by atoms with Crippen molar-refractivity contribution in [2.75, 3.05) is 90.4 Å². The van der Waals surface area contributed by atoms with Crippen molar-refractivity contribution in [2.45, 2.75) is 31.6 Å². The molecule has 6 aromatic rings. The molecule has 2 saturated heterocycles. The first kappa shape index (κ1) is 43.1. The molecule has 0 atom stereocenters. The zero-order valence-electron chi connectivity index (χ0n) is 36.0. The summed E-state index contributed by atoms with van der Waals surface area (Å²) in [6.07, 6.45) is 2.64. The van der Waals surface area contributed by atoms with Gasteiger partial charge in [-0.25, -0.2) is 27.7 Å². The van der Waals surface area contributed by atoms with E-state index in [-0.39, 0.29) is 63.1 Å². The van der Waals surface area contributed by atoms with Crippen molar-refractivity contribution < 1.29 is 36.6 Å². The zero-order chi connectivity index (χ0) is 44.6. The van der Waals surface area contributed by atoms with Crippen molar-refractivity contribution in [1.29, 1.82) is 0 Å². The number of methoxy groups -OCH3 is 2. The van der Waals surface area contributed by atoms with E-state index >= 15 is 4.79 Å².